The van der Waals surface area contributed by atoms with Gasteiger partial charge in [0, 0.05) is 15.0 Å². The van der Waals surface area contributed by atoms with Crippen molar-refractivity contribution in [2.75, 3.05) is 0 Å². The molecule has 1 aromatic heterocycles. The van der Waals surface area contributed by atoms with Crippen LogP contribution in [0.25, 0.3) is 23.3 Å². The molecule has 17 heavy (non-hydrogen) atoms. The molecule has 1 heteroatoms. The Bertz CT molecular complexity index is 704. The molecule has 2 aromatic rings. The molecule has 1 aromatic carbocycles. The van der Waals surface area contributed by atoms with Crippen molar-refractivity contribution in [3.8, 4) is 11.1 Å². The van der Waals surface area contributed by atoms with E-state index in [1.54, 1.807) is 10.4 Å². The van der Waals surface area contributed by atoms with E-state index in [0.717, 1.165) is 0 Å². The van der Waals surface area contributed by atoms with Gasteiger partial charge in [0.2, 0.25) is 0 Å². The average molecular weight is 238 g/mol. The van der Waals surface area contributed by atoms with Gasteiger partial charge in [-0.2, -0.15) is 0 Å². The van der Waals surface area contributed by atoms with Gasteiger partial charge in [0.1, 0.15) is 0 Å². The van der Waals surface area contributed by atoms with Crippen molar-refractivity contribution in [1.29, 1.82) is 0 Å². The third-order valence-electron chi connectivity index (χ3n) is 3.80. The molecular weight excluding hydrogens is 224 g/mol. The van der Waals surface area contributed by atoms with Gasteiger partial charge in [-0.25, -0.2) is 0 Å². The molecule has 0 unspecified atom stereocenters. The van der Waals surface area contributed by atoms with Gasteiger partial charge in [0.15, 0.2) is 0 Å². The molecule has 1 heterocycles. The van der Waals surface area contributed by atoms with Crippen LogP contribution < -0.4 is 9.75 Å². The second kappa shape index (κ2) is 3.58. The summed E-state index contributed by atoms with van der Waals surface area (Å²) in [6, 6.07) is 8.92. The van der Waals surface area contributed by atoms with Gasteiger partial charge in [-0.15, -0.1) is 11.3 Å². The molecular formula is C16H14S. The maximum absolute atomic E-state index is 2.44. The fraction of sp³-hybridized carbons (Fsp3) is 0.250. The first-order chi connectivity index (χ1) is 8.43. The van der Waals surface area contributed by atoms with Gasteiger partial charge in [0.25, 0.3) is 0 Å². The Hall–Kier alpha value is -1.34. The van der Waals surface area contributed by atoms with E-state index in [1.807, 2.05) is 11.3 Å². The SMILES string of the molecule is C1=c2sc3c(c2=CCC1)-c1ccccc1CC3. The van der Waals surface area contributed by atoms with Crippen molar-refractivity contribution >= 4 is 23.5 Å². The Morgan fingerprint density at radius 1 is 0.941 bits per heavy atom. The van der Waals surface area contributed by atoms with E-state index in [-0.39, 0.29) is 0 Å². The summed E-state index contributed by atoms with van der Waals surface area (Å²) in [6.07, 6.45) is 9.72. The molecule has 0 fully saturated rings. The number of hydrogen-bond donors (Lipinski definition) is 0. The van der Waals surface area contributed by atoms with Crippen LogP contribution in [0.4, 0.5) is 0 Å². The third-order valence-corrected chi connectivity index (χ3v) is 5.06. The molecule has 2 aliphatic rings. The first kappa shape index (κ1) is 9.67. The summed E-state index contributed by atoms with van der Waals surface area (Å²) in [5.74, 6) is 0. The molecule has 0 atom stereocenters. The first-order valence-corrected chi connectivity index (χ1v) is 7.15. The molecule has 0 bridgehead atoms. The van der Waals surface area contributed by atoms with E-state index in [4.69, 9.17) is 0 Å². The summed E-state index contributed by atoms with van der Waals surface area (Å²) >= 11 is 2.01. The highest BCUT2D eigenvalue weighted by molar-refractivity contribution is 7.10. The lowest BCUT2D eigenvalue weighted by atomic mass is 9.89. The molecule has 84 valence electrons. The number of hydrogen-bond acceptors (Lipinski definition) is 1. The fourth-order valence-electron chi connectivity index (χ4n) is 3.01. The van der Waals surface area contributed by atoms with Crippen molar-refractivity contribution in [1.82, 2.24) is 0 Å². The van der Waals surface area contributed by atoms with Gasteiger partial charge < -0.3 is 0 Å². The van der Waals surface area contributed by atoms with Crippen molar-refractivity contribution in [2.24, 2.45) is 0 Å². The highest BCUT2D eigenvalue weighted by Gasteiger charge is 2.19. The van der Waals surface area contributed by atoms with Gasteiger partial charge >= 0.3 is 0 Å². The Morgan fingerprint density at radius 2 is 1.82 bits per heavy atom. The van der Waals surface area contributed by atoms with Crippen LogP contribution in [0.5, 0.6) is 0 Å². The smallest absolute Gasteiger partial charge is 0.0309 e. The second-order valence-corrected chi connectivity index (χ2v) is 5.96. The molecule has 0 amide bonds. The van der Waals surface area contributed by atoms with Crippen LogP contribution in [0.2, 0.25) is 0 Å². The summed E-state index contributed by atoms with van der Waals surface area (Å²) in [5.41, 5.74) is 4.56. The molecule has 2 aliphatic carbocycles. The second-order valence-electron chi connectivity index (χ2n) is 4.82. The van der Waals surface area contributed by atoms with Gasteiger partial charge in [-0.3, -0.25) is 0 Å². The molecule has 0 nitrogen and oxygen atoms in total. The normalized spacial score (nSPS) is 16.2. The highest BCUT2D eigenvalue weighted by atomic mass is 32.1. The van der Waals surface area contributed by atoms with E-state index in [2.05, 4.69) is 36.4 Å². The largest absolute Gasteiger partial charge is 0.140 e. The topological polar surface area (TPSA) is 0 Å². The Balaban J connectivity index is 2.14. The van der Waals surface area contributed by atoms with E-state index in [0.29, 0.717) is 0 Å². The maximum atomic E-state index is 2.44. The average Bonchev–Trinajstić information content (AvgIpc) is 2.77. The lowest BCUT2D eigenvalue weighted by molar-refractivity contribution is 0.962. The Kier molecular flexibility index (Phi) is 2.03. The minimum Gasteiger partial charge on any atom is -0.140 e. The van der Waals surface area contributed by atoms with Crippen molar-refractivity contribution < 1.29 is 0 Å². The van der Waals surface area contributed by atoms with E-state index in [1.165, 1.54) is 46.6 Å². The third kappa shape index (κ3) is 1.35. The van der Waals surface area contributed by atoms with Gasteiger partial charge in [-0.05, 0) is 42.0 Å². The van der Waals surface area contributed by atoms with Crippen LogP contribution >= 0.6 is 11.3 Å². The predicted octanol–water partition coefficient (Wildman–Crippen LogP) is 2.87. The predicted molar refractivity (Wildman–Crippen MR) is 74.6 cm³/mol. The quantitative estimate of drug-likeness (QED) is 0.662. The lowest BCUT2D eigenvalue weighted by Crippen LogP contribution is -2.23. The summed E-state index contributed by atoms with van der Waals surface area (Å²) in [4.78, 5) is 1.60. The van der Waals surface area contributed by atoms with Crippen molar-refractivity contribution in [3.05, 3.63) is 44.5 Å². The fourth-order valence-corrected chi connectivity index (χ4v) is 4.30. The molecule has 0 spiro atoms. The maximum Gasteiger partial charge on any atom is 0.0309 e. The molecule has 0 aliphatic heterocycles. The number of thiophene rings is 1. The molecule has 0 radical (unpaired) electrons. The van der Waals surface area contributed by atoms with E-state index < -0.39 is 0 Å². The van der Waals surface area contributed by atoms with Gasteiger partial charge in [-0.1, -0.05) is 36.4 Å². The van der Waals surface area contributed by atoms with Crippen LogP contribution in [0.15, 0.2) is 24.3 Å². The zero-order valence-corrected chi connectivity index (χ0v) is 10.5. The molecule has 0 N–H and O–H groups in total. The number of fused-ring (bicyclic) bond motifs is 5. The minimum atomic E-state index is 1.21. The van der Waals surface area contributed by atoms with Crippen LogP contribution in [-0.4, -0.2) is 0 Å². The molecule has 4 rings (SSSR count). The molecule has 0 saturated heterocycles. The summed E-state index contributed by atoms with van der Waals surface area (Å²) in [6.45, 7) is 0. The van der Waals surface area contributed by atoms with Crippen LogP contribution in [0.1, 0.15) is 23.3 Å². The monoisotopic (exact) mass is 238 g/mol. The van der Waals surface area contributed by atoms with Crippen molar-refractivity contribution in [2.45, 2.75) is 25.7 Å². The number of benzene rings is 1. The summed E-state index contributed by atoms with van der Waals surface area (Å²) in [7, 11) is 0. The number of aryl methyl sites for hydroxylation is 2. The number of rotatable bonds is 0. The van der Waals surface area contributed by atoms with Crippen molar-refractivity contribution in [3.63, 3.8) is 0 Å². The van der Waals surface area contributed by atoms with Crippen LogP contribution in [-0.2, 0) is 12.8 Å². The zero-order valence-electron chi connectivity index (χ0n) is 9.70. The standard InChI is InChI=1S/C16H14S/c1-2-6-12-11(5-1)9-10-15-16(12)13-7-3-4-8-14(13)17-15/h1-2,5-8H,3-4,9-10H2. The van der Waals surface area contributed by atoms with Crippen LogP contribution in [0, 0.1) is 0 Å². The zero-order chi connectivity index (χ0) is 11.2. The molecule has 0 saturated carbocycles. The van der Waals surface area contributed by atoms with Gasteiger partial charge in [0.05, 0.1) is 0 Å². The van der Waals surface area contributed by atoms with Crippen LogP contribution in [0.3, 0.4) is 0 Å². The summed E-state index contributed by atoms with van der Waals surface area (Å²) < 4.78 is 1.51. The highest BCUT2D eigenvalue weighted by Crippen LogP contribution is 2.32. The minimum absolute atomic E-state index is 1.21. The Labute approximate surface area is 105 Å². The lowest BCUT2D eigenvalue weighted by Gasteiger charge is -2.16. The Morgan fingerprint density at radius 3 is 2.82 bits per heavy atom. The van der Waals surface area contributed by atoms with E-state index >= 15 is 0 Å². The summed E-state index contributed by atoms with van der Waals surface area (Å²) in [5, 5.41) is 1.52. The first-order valence-electron chi connectivity index (χ1n) is 6.34. The van der Waals surface area contributed by atoms with E-state index in [9.17, 15) is 0 Å².